The molecule has 0 spiro atoms. The smallest absolute Gasteiger partial charge is 0.252 e. The van der Waals surface area contributed by atoms with Gasteiger partial charge in [0.1, 0.15) is 0 Å². The zero-order valence-electron chi connectivity index (χ0n) is 11.8. The van der Waals surface area contributed by atoms with Crippen LogP contribution < -0.4 is 5.32 Å². The zero-order valence-corrected chi connectivity index (χ0v) is 15.4. The molecule has 1 amide bonds. The highest BCUT2D eigenvalue weighted by Gasteiger charge is 2.35. The molecule has 0 saturated heterocycles. The third-order valence-corrected chi connectivity index (χ3v) is 6.15. The molecule has 6 heteroatoms. The quantitative estimate of drug-likeness (QED) is 0.543. The van der Waals surface area contributed by atoms with E-state index < -0.39 is 5.54 Å². The van der Waals surface area contributed by atoms with Gasteiger partial charge in [-0.25, -0.2) is 0 Å². The van der Waals surface area contributed by atoms with Gasteiger partial charge in [-0.2, -0.15) is 0 Å². The average Bonchev–Trinajstić information content (AvgIpc) is 2.45. The molecule has 0 radical (unpaired) electrons. The van der Waals surface area contributed by atoms with Crippen LogP contribution in [0.25, 0.3) is 0 Å². The molecule has 2 rings (SSSR count). The summed E-state index contributed by atoms with van der Waals surface area (Å²) in [6.45, 7) is 2.15. The van der Waals surface area contributed by atoms with Gasteiger partial charge in [0.25, 0.3) is 5.91 Å². The van der Waals surface area contributed by atoms with Crippen molar-refractivity contribution in [2.75, 3.05) is 6.61 Å². The molecule has 1 aliphatic carbocycles. The molecule has 0 heterocycles. The van der Waals surface area contributed by atoms with Crippen molar-refractivity contribution in [2.24, 2.45) is 5.92 Å². The SMILES string of the molecule is CC1CCC(CO)(NC(=O)c2cc(Cl)cc(Cl)c2I)CC1. The average molecular weight is 442 g/mol. The molecule has 1 fully saturated rings. The summed E-state index contributed by atoms with van der Waals surface area (Å²) in [6.07, 6.45) is 3.60. The van der Waals surface area contributed by atoms with E-state index in [2.05, 4.69) is 12.2 Å². The molecule has 2 N–H and O–H groups in total. The van der Waals surface area contributed by atoms with Gasteiger partial charge in [0.2, 0.25) is 0 Å². The first kappa shape index (κ1) is 17.3. The van der Waals surface area contributed by atoms with Crippen LogP contribution in [0.3, 0.4) is 0 Å². The Hall–Kier alpha value is -0.0400. The number of nitrogens with one attached hydrogen (secondary N) is 1. The van der Waals surface area contributed by atoms with Gasteiger partial charge in [0.05, 0.1) is 22.7 Å². The van der Waals surface area contributed by atoms with Gasteiger partial charge in [-0.3, -0.25) is 4.79 Å². The minimum atomic E-state index is -0.526. The van der Waals surface area contributed by atoms with Crippen LogP contribution in [-0.2, 0) is 0 Å². The highest BCUT2D eigenvalue weighted by Crippen LogP contribution is 2.33. The number of halogens is 3. The predicted molar refractivity (Wildman–Crippen MR) is 94.1 cm³/mol. The molecule has 21 heavy (non-hydrogen) atoms. The summed E-state index contributed by atoms with van der Waals surface area (Å²) in [5.74, 6) is 0.412. The van der Waals surface area contributed by atoms with Crippen molar-refractivity contribution in [2.45, 2.75) is 38.1 Å². The molecule has 3 nitrogen and oxygen atoms in total. The molecule has 1 saturated carbocycles. The number of amides is 1. The summed E-state index contributed by atoms with van der Waals surface area (Å²) >= 11 is 14.1. The standard InChI is InChI=1S/C15H18Cl2INO2/c1-9-2-4-15(8-20,5-3-9)19-14(21)11-6-10(16)7-12(17)13(11)18/h6-7,9,20H,2-5,8H2,1H3,(H,19,21). The van der Waals surface area contributed by atoms with Crippen molar-refractivity contribution in [3.8, 4) is 0 Å². The van der Waals surface area contributed by atoms with E-state index in [0.717, 1.165) is 25.7 Å². The molecule has 0 unspecified atom stereocenters. The predicted octanol–water partition coefficient (Wildman–Crippen LogP) is 4.27. The summed E-state index contributed by atoms with van der Waals surface area (Å²) in [5, 5.41) is 13.6. The summed E-state index contributed by atoms with van der Waals surface area (Å²) in [6, 6.07) is 3.23. The van der Waals surface area contributed by atoms with Crippen molar-refractivity contribution < 1.29 is 9.90 Å². The minimum absolute atomic E-state index is 0.0453. The number of carbonyl (C=O) groups is 1. The second-order valence-electron chi connectivity index (χ2n) is 5.82. The van der Waals surface area contributed by atoms with E-state index >= 15 is 0 Å². The van der Waals surface area contributed by atoms with Crippen LogP contribution in [0.5, 0.6) is 0 Å². The highest BCUT2D eigenvalue weighted by molar-refractivity contribution is 14.1. The van der Waals surface area contributed by atoms with E-state index in [1.807, 2.05) is 22.6 Å². The molecule has 1 aromatic rings. The van der Waals surface area contributed by atoms with E-state index in [4.69, 9.17) is 23.2 Å². The maximum atomic E-state index is 12.5. The van der Waals surface area contributed by atoms with Crippen LogP contribution in [0.2, 0.25) is 10.0 Å². The Balaban J connectivity index is 2.21. The molecule has 0 atom stereocenters. The molecule has 0 aromatic heterocycles. The Bertz CT molecular complexity index is 543. The number of hydrogen-bond donors (Lipinski definition) is 2. The fourth-order valence-corrected chi connectivity index (χ4v) is 3.72. The van der Waals surface area contributed by atoms with Crippen LogP contribution in [0.15, 0.2) is 12.1 Å². The Morgan fingerprint density at radius 3 is 2.62 bits per heavy atom. The van der Waals surface area contributed by atoms with Crippen LogP contribution in [-0.4, -0.2) is 23.2 Å². The maximum Gasteiger partial charge on any atom is 0.252 e. The Morgan fingerprint density at radius 2 is 2.05 bits per heavy atom. The van der Waals surface area contributed by atoms with Crippen LogP contribution >= 0.6 is 45.8 Å². The Labute approximate surface area is 148 Å². The molecular weight excluding hydrogens is 424 g/mol. The van der Waals surface area contributed by atoms with Gasteiger partial charge in [0, 0.05) is 8.59 Å². The van der Waals surface area contributed by atoms with E-state index in [0.29, 0.717) is 25.1 Å². The van der Waals surface area contributed by atoms with E-state index in [1.54, 1.807) is 12.1 Å². The number of carbonyl (C=O) groups excluding carboxylic acids is 1. The minimum Gasteiger partial charge on any atom is -0.394 e. The summed E-state index contributed by atoms with van der Waals surface area (Å²) in [4.78, 5) is 12.5. The first-order valence-corrected chi connectivity index (χ1v) is 8.78. The fraction of sp³-hybridized carbons (Fsp3) is 0.533. The second-order valence-corrected chi connectivity index (χ2v) is 7.75. The lowest BCUT2D eigenvalue weighted by molar-refractivity contribution is 0.0716. The van der Waals surface area contributed by atoms with Gasteiger partial charge in [-0.1, -0.05) is 30.1 Å². The van der Waals surface area contributed by atoms with Crippen molar-refractivity contribution in [3.63, 3.8) is 0 Å². The van der Waals surface area contributed by atoms with Crippen LogP contribution in [0, 0.1) is 9.49 Å². The van der Waals surface area contributed by atoms with Crippen LogP contribution in [0.1, 0.15) is 43.0 Å². The number of aliphatic hydroxyl groups is 1. The Kier molecular flexibility index (Phi) is 5.79. The second kappa shape index (κ2) is 7.02. The first-order chi connectivity index (χ1) is 9.87. The van der Waals surface area contributed by atoms with Gasteiger partial charge in [0.15, 0.2) is 0 Å². The number of hydrogen-bond acceptors (Lipinski definition) is 2. The van der Waals surface area contributed by atoms with Crippen molar-refractivity contribution in [3.05, 3.63) is 31.3 Å². The normalized spacial score (nSPS) is 25.7. The monoisotopic (exact) mass is 441 g/mol. The third-order valence-electron chi connectivity index (χ3n) is 4.15. The number of aliphatic hydroxyl groups excluding tert-OH is 1. The van der Waals surface area contributed by atoms with E-state index in [-0.39, 0.29) is 12.5 Å². The lowest BCUT2D eigenvalue weighted by atomic mass is 9.77. The summed E-state index contributed by atoms with van der Waals surface area (Å²) in [5.41, 5.74) is -0.0684. The van der Waals surface area contributed by atoms with Gasteiger partial charge >= 0.3 is 0 Å². The van der Waals surface area contributed by atoms with Gasteiger partial charge in [-0.05, 0) is 66.3 Å². The zero-order chi connectivity index (χ0) is 15.6. The maximum absolute atomic E-state index is 12.5. The van der Waals surface area contributed by atoms with Crippen molar-refractivity contribution >= 4 is 51.7 Å². The van der Waals surface area contributed by atoms with E-state index in [9.17, 15) is 9.90 Å². The largest absolute Gasteiger partial charge is 0.394 e. The first-order valence-electron chi connectivity index (χ1n) is 6.95. The summed E-state index contributed by atoms with van der Waals surface area (Å²) < 4.78 is 0.674. The van der Waals surface area contributed by atoms with Crippen molar-refractivity contribution in [1.29, 1.82) is 0 Å². The van der Waals surface area contributed by atoms with Crippen molar-refractivity contribution in [1.82, 2.24) is 5.32 Å². The highest BCUT2D eigenvalue weighted by atomic mass is 127. The third kappa shape index (κ3) is 4.03. The number of rotatable bonds is 3. The molecule has 0 aliphatic heterocycles. The lowest BCUT2D eigenvalue weighted by Gasteiger charge is -2.38. The van der Waals surface area contributed by atoms with Gasteiger partial charge < -0.3 is 10.4 Å². The molecule has 0 bridgehead atoms. The topological polar surface area (TPSA) is 49.3 Å². The van der Waals surface area contributed by atoms with E-state index in [1.165, 1.54) is 0 Å². The fourth-order valence-electron chi connectivity index (χ4n) is 2.67. The molecule has 116 valence electrons. The Morgan fingerprint density at radius 1 is 1.43 bits per heavy atom. The van der Waals surface area contributed by atoms with Gasteiger partial charge in [-0.15, -0.1) is 0 Å². The van der Waals surface area contributed by atoms with Crippen LogP contribution in [0.4, 0.5) is 0 Å². The lowest BCUT2D eigenvalue weighted by Crippen LogP contribution is -2.53. The number of benzene rings is 1. The molecule has 1 aliphatic rings. The molecule has 1 aromatic carbocycles. The summed E-state index contributed by atoms with van der Waals surface area (Å²) in [7, 11) is 0. The molecular formula is C15H18Cl2INO2.